The van der Waals surface area contributed by atoms with E-state index in [1.165, 1.54) is 26.2 Å². The van der Waals surface area contributed by atoms with Gasteiger partial charge in [-0.25, -0.2) is 12.7 Å². The minimum atomic E-state index is -3.56. The van der Waals surface area contributed by atoms with Crippen LogP contribution in [0.1, 0.15) is 0 Å². The van der Waals surface area contributed by atoms with E-state index in [9.17, 15) is 13.2 Å². The van der Waals surface area contributed by atoms with Crippen molar-refractivity contribution in [3.8, 4) is 22.4 Å². The molecule has 0 amide bonds. The lowest BCUT2D eigenvalue weighted by molar-refractivity contribution is 0.521. The third-order valence-corrected chi connectivity index (χ3v) is 6.90. The molecule has 0 spiro atoms. The van der Waals surface area contributed by atoms with Crippen LogP contribution in [0.15, 0.2) is 58.2 Å². The highest BCUT2D eigenvalue weighted by atomic mass is 35.5. The molecule has 0 saturated heterocycles. The van der Waals surface area contributed by atoms with Crippen molar-refractivity contribution in [1.29, 1.82) is 0 Å². The Bertz CT molecular complexity index is 1420. The maximum absolute atomic E-state index is 12.7. The summed E-state index contributed by atoms with van der Waals surface area (Å²) in [5.74, 6) is -0.0153. The molecule has 0 radical (unpaired) electrons. The Balaban J connectivity index is 2.00. The van der Waals surface area contributed by atoms with Crippen molar-refractivity contribution >= 4 is 38.6 Å². The van der Waals surface area contributed by atoms with Gasteiger partial charge in [0.2, 0.25) is 16.0 Å². The average molecular weight is 444 g/mol. The lowest BCUT2D eigenvalue weighted by atomic mass is 9.99. The molecule has 0 unspecified atom stereocenters. The summed E-state index contributed by atoms with van der Waals surface area (Å²) < 4.78 is 25.9. The number of nitrogens with zero attached hydrogens (tertiary/aromatic N) is 2. The molecule has 0 aliphatic rings. The summed E-state index contributed by atoms with van der Waals surface area (Å²) in [6.45, 7) is 0. The Morgan fingerprint density at radius 1 is 1.03 bits per heavy atom. The topological polar surface area (TPSA) is 125 Å². The first-order valence-electron chi connectivity index (χ1n) is 8.89. The van der Waals surface area contributed by atoms with Gasteiger partial charge in [0.05, 0.1) is 16.0 Å². The van der Waals surface area contributed by atoms with Gasteiger partial charge < -0.3 is 10.7 Å². The molecule has 8 nitrogen and oxygen atoms in total. The molecule has 4 aromatic rings. The van der Waals surface area contributed by atoms with Crippen LogP contribution in [0.25, 0.3) is 33.4 Å². The van der Waals surface area contributed by atoms with Crippen molar-refractivity contribution in [2.24, 2.45) is 0 Å². The van der Waals surface area contributed by atoms with Crippen LogP contribution in [0.3, 0.4) is 0 Å². The van der Waals surface area contributed by atoms with E-state index in [0.717, 1.165) is 4.31 Å². The van der Waals surface area contributed by atoms with Crippen LogP contribution >= 0.6 is 11.6 Å². The number of nitrogens with one attached hydrogen (secondary N) is 2. The summed E-state index contributed by atoms with van der Waals surface area (Å²) in [6.07, 6.45) is 0. The van der Waals surface area contributed by atoms with Gasteiger partial charge in [0.1, 0.15) is 5.65 Å². The predicted molar refractivity (Wildman–Crippen MR) is 118 cm³/mol. The van der Waals surface area contributed by atoms with E-state index in [2.05, 4.69) is 15.0 Å². The van der Waals surface area contributed by atoms with Crippen molar-refractivity contribution < 1.29 is 8.42 Å². The number of halogens is 1. The van der Waals surface area contributed by atoms with E-state index in [1.54, 1.807) is 30.3 Å². The van der Waals surface area contributed by atoms with Gasteiger partial charge >= 0.3 is 0 Å². The zero-order valence-electron chi connectivity index (χ0n) is 16.1. The van der Waals surface area contributed by atoms with E-state index in [0.29, 0.717) is 38.4 Å². The highest BCUT2D eigenvalue weighted by Crippen LogP contribution is 2.39. The number of aromatic amines is 2. The fraction of sp³-hybridized carbons (Fsp3) is 0.100. The van der Waals surface area contributed by atoms with Gasteiger partial charge in [0.25, 0.3) is 5.56 Å². The number of sulfonamides is 1. The van der Waals surface area contributed by atoms with Gasteiger partial charge in [0, 0.05) is 30.2 Å². The molecule has 2 aromatic heterocycles. The molecule has 0 aliphatic heterocycles. The number of benzene rings is 2. The lowest BCUT2D eigenvalue weighted by Gasteiger charge is -2.12. The molecule has 0 saturated carbocycles. The third kappa shape index (κ3) is 3.26. The van der Waals surface area contributed by atoms with Gasteiger partial charge in [-0.2, -0.15) is 4.98 Å². The monoisotopic (exact) mass is 443 g/mol. The van der Waals surface area contributed by atoms with Crippen LogP contribution in [0.4, 0.5) is 5.95 Å². The summed E-state index contributed by atoms with van der Waals surface area (Å²) in [5, 5.41) is 0.778. The van der Waals surface area contributed by atoms with E-state index in [4.69, 9.17) is 17.3 Å². The van der Waals surface area contributed by atoms with Crippen LogP contribution in [-0.4, -0.2) is 41.8 Å². The molecular formula is C20H18ClN5O3S. The fourth-order valence-corrected chi connectivity index (χ4v) is 4.41. The summed E-state index contributed by atoms with van der Waals surface area (Å²) >= 11 is 6.42. The number of nitrogens with two attached hydrogens (primary N) is 1. The SMILES string of the molecule is CN(C)S(=O)(=O)c1ccc(-c2[nH]c3nc(N)[nH]c(=O)c3c2-c2ccccc2Cl)cc1. The molecule has 0 bridgehead atoms. The molecule has 0 aliphatic carbocycles. The number of H-pyrrole nitrogens is 2. The second-order valence-electron chi connectivity index (χ2n) is 6.84. The lowest BCUT2D eigenvalue weighted by Crippen LogP contribution is -2.22. The van der Waals surface area contributed by atoms with Gasteiger partial charge in [-0.05, 0) is 23.8 Å². The van der Waals surface area contributed by atoms with Crippen LogP contribution in [0, 0.1) is 0 Å². The van der Waals surface area contributed by atoms with E-state index < -0.39 is 15.6 Å². The second-order valence-corrected chi connectivity index (χ2v) is 9.40. The minimum Gasteiger partial charge on any atom is -0.369 e. The summed E-state index contributed by atoms with van der Waals surface area (Å²) in [4.78, 5) is 22.7. The third-order valence-electron chi connectivity index (χ3n) is 4.75. The van der Waals surface area contributed by atoms with Gasteiger partial charge in [-0.1, -0.05) is 41.9 Å². The Hall–Kier alpha value is -3.14. The van der Waals surface area contributed by atoms with Gasteiger partial charge in [0.15, 0.2) is 0 Å². The fourth-order valence-electron chi connectivity index (χ4n) is 3.27. The number of nitrogen functional groups attached to an aromatic ring is 1. The highest BCUT2D eigenvalue weighted by molar-refractivity contribution is 7.89. The number of anilines is 1. The molecule has 0 fully saturated rings. The summed E-state index contributed by atoms with van der Waals surface area (Å²) in [5.41, 5.74) is 8.06. The zero-order valence-corrected chi connectivity index (χ0v) is 17.7. The second kappa shape index (κ2) is 7.28. The van der Waals surface area contributed by atoms with Crippen molar-refractivity contribution in [2.75, 3.05) is 19.8 Å². The van der Waals surface area contributed by atoms with E-state index >= 15 is 0 Å². The van der Waals surface area contributed by atoms with Crippen LogP contribution < -0.4 is 11.3 Å². The number of rotatable bonds is 4. The largest absolute Gasteiger partial charge is 0.369 e. The first-order valence-corrected chi connectivity index (χ1v) is 10.7. The molecule has 4 N–H and O–H groups in total. The highest BCUT2D eigenvalue weighted by Gasteiger charge is 2.22. The minimum absolute atomic E-state index is 0.0153. The molecule has 2 aromatic carbocycles. The van der Waals surface area contributed by atoms with Crippen molar-refractivity contribution in [2.45, 2.75) is 4.90 Å². The standard InChI is InChI=1S/C20H18ClN5O3S/c1-26(2)30(28,29)12-9-7-11(8-10-12)17-15(13-5-3-4-6-14(13)21)16-18(23-17)24-20(22)25-19(16)27/h3-10H,1-2H3,(H4,22,23,24,25,27). The van der Waals surface area contributed by atoms with Crippen LogP contribution in [0.2, 0.25) is 5.02 Å². The smallest absolute Gasteiger partial charge is 0.262 e. The van der Waals surface area contributed by atoms with Crippen molar-refractivity contribution in [3.63, 3.8) is 0 Å². The predicted octanol–water partition coefficient (Wildman–Crippen LogP) is 3.07. The molecule has 154 valence electrons. The molecule has 10 heteroatoms. The van der Waals surface area contributed by atoms with Crippen LogP contribution in [0.5, 0.6) is 0 Å². The van der Waals surface area contributed by atoms with E-state index in [-0.39, 0.29) is 10.8 Å². The van der Waals surface area contributed by atoms with Gasteiger partial charge in [-0.15, -0.1) is 0 Å². The Labute approximate surface area is 177 Å². The van der Waals surface area contributed by atoms with Crippen molar-refractivity contribution in [1.82, 2.24) is 19.3 Å². The normalized spacial score (nSPS) is 12.0. The average Bonchev–Trinajstić information content (AvgIpc) is 3.07. The van der Waals surface area contributed by atoms with Crippen molar-refractivity contribution in [3.05, 3.63) is 63.9 Å². The maximum Gasteiger partial charge on any atom is 0.262 e. The number of hydrogen-bond acceptors (Lipinski definition) is 5. The molecule has 2 heterocycles. The maximum atomic E-state index is 12.7. The number of hydrogen-bond donors (Lipinski definition) is 3. The Morgan fingerprint density at radius 3 is 2.33 bits per heavy atom. The van der Waals surface area contributed by atoms with Crippen LogP contribution in [-0.2, 0) is 10.0 Å². The zero-order chi connectivity index (χ0) is 21.6. The number of aromatic nitrogens is 3. The molecule has 4 rings (SSSR count). The summed E-state index contributed by atoms with van der Waals surface area (Å²) in [6, 6.07) is 13.5. The first-order chi connectivity index (χ1) is 14.2. The van der Waals surface area contributed by atoms with Gasteiger partial charge in [-0.3, -0.25) is 9.78 Å². The van der Waals surface area contributed by atoms with E-state index in [1.807, 2.05) is 6.07 Å². The summed E-state index contributed by atoms with van der Waals surface area (Å²) in [7, 11) is -0.622. The Morgan fingerprint density at radius 2 is 1.70 bits per heavy atom. The molecule has 0 atom stereocenters. The Kier molecular flexibility index (Phi) is 4.89. The molecule has 30 heavy (non-hydrogen) atoms. The first kappa shape index (κ1) is 20.1. The quantitative estimate of drug-likeness (QED) is 0.447. The molecular weight excluding hydrogens is 426 g/mol. The number of fused-ring (bicyclic) bond motifs is 1.